The molecule has 0 amide bonds. The number of hydrogen-bond acceptors (Lipinski definition) is 4. The van der Waals surface area contributed by atoms with Crippen molar-refractivity contribution in [2.45, 2.75) is 45.1 Å². The number of nitrogens with zero attached hydrogens (tertiary/aromatic N) is 4. The van der Waals surface area contributed by atoms with Crippen LogP contribution in [0.5, 0.6) is 0 Å². The molecule has 5 nitrogen and oxygen atoms in total. The van der Waals surface area contributed by atoms with Crippen LogP contribution in [0.3, 0.4) is 0 Å². The second-order valence-corrected chi connectivity index (χ2v) is 8.70. The summed E-state index contributed by atoms with van der Waals surface area (Å²) in [5.41, 5.74) is 9.34. The molecule has 30 heavy (non-hydrogen) atoms. The number of fused-ring (bicyclic) bond motifs is 2. The standard InChI is InChI=1S/C23H23ClFN5/c1-13-17-6-7-30(23(17)28-12-27-13)16-5-4-14(8-16)2-3-15-9-20(25)18-11-19(24)22(26)29-21(18)10-15/h6-7,9-12,14,16H,2-5,8H2,1H3,(H2,26,29). The molecule has 1 aliphatic carbocycles. The third-order valence-electron chi connectivity index (χ3n) is 6.38. The molecular weight excluding hydrogens is 401 g/mol. The van der Waals surface area contributed by atoms with Crippen LogP contribution in [-0.2, 0) is 6.42 Å². The molecule has 2 atom stereocenters. The van der Waals surface area contributed by atoms with Crippen LogP contribution in [0.25, 0.3) is 21.9 Å². The number of rotatable bonds is 4. The summed E-state index contributed by atoms with van der Waals surface area (Å²) in [6.07, 6.45) is 9.05. The topological polar surface area (TPSA) is 69.6 Å². The van der Waals surface area contributed by atoms with Gasteiger partial charge in [-0.05, 0) is 74.8 Å². The van der Waals surface area contributed by atoms with Crippen molar-refractivity contribution in [3.63, 3.8) is 0 Å². The van der Waals surface area contributed by atoms with Gasteiger partial charge in [-0.25, -0.2) is 19.3 Å². The van der Waals surface area contributed by atoms with Crippen LogP contribution < -0.4 is 5.73 Å². The summed E-state index contributed by atoms with van der Waals surface area (Å²) in [6.45, 7) is 2.02. The van der Waals surface area contributed by atoms with Crippen molar-refractivity contribution in [1.82, 2.24) is 19.5 Å². The highest BCUT2D eigenvalue weighted by atomic mass is 35.5. The first-order valence-corrected chi connectivity index (χ1v) is 10.7. The fourth-order valence-electron chi connectivity index (χ4n) is 4.75. The van der Waals surface area contributed by atoms with Crippen LogP contribution in [0.4, 0.5) is 10.2 Å². The fourth-order valence-corrected chi connectivity index (χ4v) is 4.90. The molecule has 0 radical (unpaired) electrons. The van der Waals surface area contributed by atoms with Gasteiger partial charge >= 0.3 is 0 Å². The Kier molecular flexibility index (Phi) is 4.82. The minimum absolute atomic E-state index is 0.234. The molecule has 3 aromatic heterocycles. The Morgan fingerprint density at radius 3 is 2.93 bits per heavy atom. The molecule has 0 bridgehead atoms. The number of hydrogen-bond donors (Lipinski definition) is 1. The van der Waals surface area contributed by atoms with Crippen molar-refractivity contribution in [3.05, 3.63) is 58.9 Å². The Morgan fingerprint density at radius 2 is 2.07 bits per heavy atom. The average molecular weight is 424 g/mol. The van der Waals surface area contributed by atoms with Gasteiger partial charge in [0.1, 0.15) is 23.6 Å². The average Bonchev–Trinajstić information content (AvgIpc) is 3.35. The number of pyridine rings is 1. The highest BCUT2D eigenvalue weighted by molar-refractivity contribution is 6.33. The van der Waals surface area contributed by atoms with Crippen LogP contribution in [-0.4, -0.2) is 19.5 Å². The lowest BCUT2D eigenvalue weighted by atomic mass is 9.97. The maximum Gasteiger partial charge on any atom is 0.143 e. The van der Waals surface area contributed by atoms with Gasteiger partial charge in [-0.2, -0.15) is 0 Å². The minimum Gasteiger partial charge on any atom is -0.382 e. The Labute approximate surface area is 179 Å². The van der Waals surface area contributed by atoms with Gasteiger partial charge in [-0.15, -0.1) is 0 Å². The van der Waals surface area contributed by atoms with E-state index < -0.39 is 0 Å². The van der Waals surface area contributed by atoms with Crippen LogP contribution in [0.15, 0.2) is 36.8 Å². The first-order valence-electron chi connectivity index (χ1n) is 10.3. The predicted molar refractivity (Wildman–Crippen MR) is 118 cm³/mol. The number of nitrogens with two attached hydrogens (primary N) is 1. The number of aromatic nitrogens is 4. The number of benzene rings is 1. The molecule has 2 unspecified atom stereocenters. The first kappa shape index (κ1) is 19.2. The molecule has 7 heteroatoms. The molecule has 1 aliphatic rings. The smallest absolute Gasteiger partial charge is 0.143 e. The van der Waals surface area contributed by atoms with E-state index in [1.807, 2.05) is 13.0 Å². The molecular formula is C23H23ClFN5. The maximum absolute atomic E-state index is 14.5. The van der Waals surface area contributed by atoms with Gasteiger partial charge in [0, 0.05) is 23.0 Å². The largest absolute Gasteiger partial charge is 0.382 e. The molecule has 5 rings (SSSR count). The zero-order chi connectivity index (χ0) is 20.8. The Morgan fingerprint density at radius 1 is 1.20 bits per heavy atom. The molecule has 4 aromatic rings. The van der Waals surface area contributed by atoms with E-state index in [4.69, 9.17) is 17.3 Å². The third-order valence-corrected chi connectivity index (χ3v) is 6.68. The zero-order valence-electron chi connectivity index (χ0n) is 16.8. The molecule has 0 aliphatic heterocycles. The minimum atomic E-state index is -0.296. The highest BCUT2D eigenvalue weighted by Gasteiger charge is 2.27. The van der Waals surface area contributed by atoms with Crippen molar-refractivity contribution >= 4 is 39.4 Å². The Hall–Kier alpha value is -2.73. The van der Waals surface area contributed by atoms with Crippen molar-refractivity contribution in [1.29, 1.82) is 0 Å². The summed E-state index contributed by atoms with van der Waals surface area (Å²) in [7, 11) is 0. The number of aryl methyl sites for hydroxylation is 2. The van der Waals surface area contributed by atoms with Gasteiger partial charge in [0.2, 0.25) is 0 Å². The van der Waals surface area contributed by atoms with Crippen molar-refractivity contribution in [2.75, 3.05) is 5.73 Å². The van der Waals surface area contributed by atoms with Crippen LogP contribution in [0.2, 0.25) is 5.02 Å². The van der Waals surface area contributed by atoms with Gasteiger partial charge in [-0.1, -0.05) is 11.6 Å². The zero-order valence-corrected chi connectivity index (χ0v) is 17.5. The molecule has 0 saturated heterocycles. The quantitative estimate of drug-likeness (QED) is 0.461. The maximum atomic E-state index is 14.5. The number of halogens is 2. The summed E-state index contributed by atoms with van der Waals surface area (Å²) in [5, 5.41) is 1.82. The monoisotopic (exact) mass is 423 g/mol. The first-order chi connectivity index (χ1) is 14.5. The molecule has 1 fully saturated rings. The van der Waals surface area contributed by atoms with E-state index in [1.54, 1.807) is 18.5 Å². The molecule has 1 aromatic carbocycles. The lowest BCUT2D eigenvalue weighted by molar-refractivity contribution is 0.461. The summed E-state index contributed by atoms with van der Waals surface area (Å²) >= 11 is 5.98. The van der Waals surface area contributed by atoms with Crippen molar-refractivity contribution in [3.8, 4) is 0 Å². The normalized spacial score (nSPS) is 19.2. The van der Waals surface area contributed by atoms with E-state index in [1.165, 1.54) is 6.42 Å². The van der Waals surface area contributed by atoms with Crippen LogP contribution in [0.1, 0.15) is 43.0 Å². The van der Waals surface area contributed by atoms with Crippen LogP contribution >= 0.6 is 11.6 Å². The van der Waals surface area contributed by atoms with Gasteiger partial charge in [0.05, 0.1) is 16.2 Å². The van der Waals surface area contributed by atoms with E-state index in [2.05, 4.69) is 31.8 Å². The van der Waals surface area contributed by atoms with Crippen molar-refractivity contribution < 1.29 is 4.39 Å². The Balaban J connectivity index is 1.30. The van der Waals surface area contributed by atoms with E-state index >= 15 is 0 Å². The third kappa shape index (κ3) is 3.39. The predicted octanol–water partition coefficient (Wildman–Crippen LogP) is 5.64. The van der Waals surface area contributed by atoms with Gasteiger partial charge < -0.3 is 10.3 Å². The van der Waals surface area contributed by atoms with E-state index in [0.29, 0.717) is 22.9 Å². The van der Waals surface area contributed by atoms with Gasteiger partial charge in [0.25, 0.3) is 0 Å². The Bertz CT molecular complexity index is 1250. The van der Waals surface area contributed by atoms with Gasteiger partial charge in [-0.3, -0.25) is 0 Å². The summed E-state index contributed by atoms with van der Waals surface area (Å²) < 4.78 is 16.8. The SMILES string of the molecule is Cc1ncnc2c1ccn2C1CCC(CCc2cc(F)c3cc(Cl)c(N)nc3c2)C1. The second-order valence-electron chi connectivity index (χ2n) is 8.29. The molecule has 3 heterocycles. The summed E-state index contributed by atoms with van der Waals surface area (Å²) in [6, 6.07) is 7.64. The van der Waals surface area contributed by atoms with Gasteiger partial charge in [0.15, 0.2) is 0 Å². The summed E-state index contributed by atoms with van der Waals surface area (Å²) in [5.74, 6) is 0.546. The molecule has 0 spiro atoms. The summed E-state index contributed by atoms with van der Waals surface area (Å²) in [4.78, 5) is 13.0. The number of nitrogen functional groups attached to an aromatic ring is 1. The van der Waals surface area contributed by atoms with E-state index in [9.17, 15) is 4.39 Å². The lowest BCUT2D eigenvalue weighted by Gasteiger charge is -2.15. The molecule has 154 valence electrons. The number of anilines is 1. The lowest BCUT2D eigenvalue weighted by Crippen LogP contribution is -2.06. The van der Waals surface area contributed by atoms with E-state index in [-0.39, 0.29) is 16.7 Å². The van der Waals surface area contributed by atoms with Crippen molar-refractivity contribution in [2.24, 2.45) is 5.92 Å². The second kappa shape index (κ2) is 7.51. The van der Waals surface area contributed by atoms with E-state index in [0.717, 1.165) is 48.0 Å². The molecule has 2 N–H and O–H groups in total. The fraction of sp³-hybridized carbons (Fsp3) is 0.348. The molecule has 1 saturated carbocycles. The van der Waals surface area contributed by atoms with Crippen LogP contribution in [0, 0.1) is 18.7 Å². The highest BCUT2D eigenvalue weighted by Crippen LogP contribution is 2.39.